The predicted molar refractivity (Wildman–Crippen MR) is 108 cm³/mol. The molecule has 1 aromatic heterocycles. The van der Waals surface area contributed by atoms with Crippen LogP contribution in [0.4, 0.5) is 4.39 Å². The van der Waals surface area contributed by atoms with Gasteiger partial charge in [-0.3, -0.25) is 4.79 Å². The summed E-state index contributed by atoms with van der Waals surface area (Å²) in [6, 6.07) is 6.87. The van der Waals surface area contributed by atoms with Crippen LogP contribution in [0, 0.1) is 11.2 Å². The number of ether oxygens (including phenoxy) is 1. The van der Waals surface area contributed by atoms with Crippen molar-refractivity contribution in [1.29, 1.82) is 0 Å². The first-order chi connectivity index (χ1) is 14.1. The largest absolute Gasteiger partial charge is 0.381 e. The summed E-state index contributed by atoms with van der Waals surface area (Å²) < 4.78 is 19.4. The normalized spacial score (nSPS) is 19.4. The first kappa shape index (κ1) is 20.0. The van der Waals surface area contributed by atoms with Crippen LogP contribution < -0.4 is 0 Å². The molecule has 2 saturated heterocycles. The summed E-state index contributed by atoms with van der Waals surface area (Å²) in [7, 11) is 0. The number of aromatic nitrogens is 2. The summed E-state index contributed by atoms with van der Waals surface area (Å²) >= 11 is 0. The second kappa shape index (κ2) is 8.57. The Morgan fingerprint density at radius 3 is 2.66 bits per heavy atom. The molecular formula is C23H28FN3O2. The molecular weight excluding hydrogens is 369 g/mol. The zero-order valence-corrected chi connectivity index (χ0v) is 16.9. The van der Waals surface area contributed by atoms with Gasteiger partial charge in [0.15, 0.2) is 0 Å². The minimum absolute atomic E-state index is 0.0136. The molecule has 3 heterocycles. The summed E-state index contributed by atoms with van der Waals surface area (Å²) in [6.07, 6.45) is 7.79. The molecule has 0 aliphatic carbocycles. The molecule has 1 spiro atoms. The van der Waals surface area contributed by atoms with Gasteiger partial charge in [-0.15, -0.1) is 0 Å². The van der Waals surface area contributed by atoms with Crippen molar-refractivity contribution in [1.82, 2.24) is 14.9 Å². The number of aryl methyl sites for hydroxylation is 1. The van der Waals surface area contributed by atoms with E-state index in [2.05, 4.69) is 9.97 Å². The number of carbonyl (C=O) groups is 1. The van der Waals surface area contributed by atoms with Crippen molar-refractivity contribution in [3.05, 3.63) is 59.4 Å². The van der Waals surface area contributed by atoms with E-state index in [1.54, 1.807) is 18.5 Å². The standard InChI is InChI=1S/C23H28FN3O2/c1-17(19-4-2-3-5-20(19)24)6-7-21-25-14-18(15-26-21)22(28)27-11-8-23(16-27)9-12-29-13-10-23/h2-5,14-15,17H,6-13,16H2,1H3/t17-/m0/s1. The van der Waals surface area contributed by atoms with Gasteiger partial charge < -0.3 is 9.64 Å². The molecule has 0 radical (unpaired) electrons. The second-order valence-corrected chi connectivity index (χ2v) is 8.44. The molecule has 1 atom stereocenters. The molecule has 154 valence electrons. The van der Waals surface area contributed by atoms with E-state index in [0.29, 0.717) is 17.8 Å². The van der Waals surface area contributed by atoms with Crippen LogP contribution in [0.5, 0.6) is 0 Å². The maximum absolute atomic E-state index is 13.9. The van der Waals surface area contributed by atoms with Gasteiger partial charge >= 0.3 is 0 Å². The Morgan fingerprint density at radius 1 is 1.21 bits per heavy atom. The van der Waals surface area contributed by atoms with E-state index in [1.807, 2.05) is 24.0 Å². The highest BCUT2D eigenvalue weighted by Gasteiger charge is 2.41. The summed E-state index contributed by atoms with van der Waals surface area (Å²) in [6.45, 7) is 5.20. The van der Waals surface area contributed by atoms with Crippen molar-refractivity contribution >= 4 is 5.91 Å². The number of rotatable bonds is 5. The number of nitrogens with zero attached hydrogens (tertiary/aromatic N) is 3. The summed E-state index contributed by atoms with van der Waals surface area (Å²) in [5.74, 6) is 0.614. The van der Waals surface area contributed by atoms with Gasteiger partial charge in [-0.25, -0.2) is 14.4 Å². The van der Waals surface area contributed by atoms with Crippen LogP contribution in [-0.4, -0.2) is 47.1 Å². The lowest BCUT2D eigenvalue weighted by Gasteiger charge is -2.33. The molecule has 0 saturated carbocycles. The Balaban J connectivity index is 1.33. The predicted octanol–water partition coefficient (Wildman–Crippen LogP) is 3.99. The third-order valence-electron chi connectivity index (χ3n) is 6.47. The number of likely N-dealkylation sites (tertiary alicyclic amines) is 1. The van der Waals surface area contributed by atoms with Crippen LogP contribution in [-0.2, 0) is 11.2 Å². The Hall–Kier alpha value is -2.34. The van der Waals surface area contributed by atoms with Gasteiger partial charge in [-0.1, -0.05) is 25.1 Å². The van der Waals surface area contributed by atoms with E-state index in [9.17, 15) is 9.18 Å². The van der Waals surface area contributed by atoms with Crippen molar-refractivity contribution < 1.29 is 13.9 Å². The van der Waals surface area contributed by atoms with Crippen molar-refractivity contribution in [3.8, 4) is 0 Å². The highest BCUT2D eigenvalue weighted by atomic mass is 19.1. The molecule has 2 fully saturated rings. The number of hydrogen-bond acceptors (Lipinski definition) is 4. The number of benzene rings is 1. The fourth-order valence-electron chi connectivity index (χ4n) is 4.47. The van der Waals surface area contributed by atoms with Gasteiger partial charge in [0.25, 0.3) is 5.91 Å². The highest BCUT2D eigenvalue weighted by Crippen LogP contribution is 2.40. The van der Waals surface area contributed by atoms with Crippen LogP contribution in [0.1, 0.15) is 60.3 Å². The zero-order valence-electron chi connectivity index (χ0n) is 16.9. The number of amides is 1. The lowest BCUT2D eigenvalue weighted by Crippen LogP contribution is -2.35. The van der Waals surface area contributed by atoms with Crippen LogP contribution in [0.25, 0.3) is 0 Å². The SMILES string of the molecule is C[C@@H](CCc1ncc(C(=O)N2CCC3(CCOCC3)C2)cn1)c1ccccc1F. The molecule has 1 aromatic carbocycles. The van der Waals surface area contributed by atoms with E-state index in [4.69, 9.17) is 4.74 Å². The van der Waals surface area contributed by atoms with Crippen molar-refractivity contribution in [2.24, 2.45) is 5.41 Å². The summed E-state index contributed by atoms with van der Waals surface area (Å²) in [4.78, 5) is 23.6. The van der Waals surface area contributed by atoms with Crippen LogP contribution >= 0.6 is 0 Å². The zero-order chi connectivity index (χ0) is 20.3. The van der Waals surface area contributed by atoms with Gasteiger partial charge in [0.05, 0.1) is 5.56 Å². The number of hydrogen-bond donors (Lipinski definition) is 0. The monoisotopic (exact) mass is 397 g/mol. The van der Waals surface area contributed by atoms with Crippen LogP contribution in [0.15, 0.2) is 36.7 Å². The molecule has 0 N–H and O–H groups in total. The highest BCUT2D eigenvalue weighted by molar-refractivity contribution is 5.93. The third kappa shape index (κ3) is 4.47. The molecule has 4 rings (SSSR count). The fourth-order valence-corrected chi connectivity index (χ4v) is 4.47. The molecule has 0 unspecified atom stereocenters. The van der Waals surface area contributed by atoms with Crippen molar-refractivity contribution in [3.63, 3.8) is 0 Å². The second-order valence-electron chi connectivity index (χ2n) is 8.44. The average molecular weight is 397 g/mol. The molecule has 0 bridgehead atoms. The molecule has 1 amide bonds. The van der Waals surface area contributed by atoms with Crippen molar-refractivity contribution in [2.45, 2.75) is 44.9 Å². The van der Waals surface area contributed by atoms with Crippen molar-refractivity contribution in [2.75, 3.05) is 26.3 Å². The molecule has 5 nitrogen and oxygen atoms in total. The molecule has 2 aliphatic heterocycles. The third-order valence-corrected chi connectivity index (χ3v) is 6.47. The lowest BCUT2D eigenvalue weighted by molar-refractivity contribution is 0.0191. The van der Waals surface area contributed by atoms with Crippen LogP contribution in [0.2, 0.25) is 0 Å². The molecule has 29 heavy (non-hydrogen) atoms. The van der Waals surface area contributed by atoms with E-state index in [1.165, 1.54) is 6.07 Å². The van der Waals surface area contributed by atoms with E-state index >= 15 is 0 Å². The van der Waals surface area contributed by atoms with Gasteiger partial charge in [-0.2, -0.15) is 0 Å². The number of carbonyl (C=O) groups excluding carboxylic acids is 1. The Bertz CT molecular complexity index is 849. The first-order valence-corrected chi connectivity index (χ1v) is 10.5. The molecule has 6 heteroatoms. The van der Waals surface area contributed by atoms with E-state index in [-0.39, 0.29) is 23.1 Å². The Labute approximate surface area is 171 Å². The van der Waals surface area contributed by atoms with Crippen LogP contribution in [0.3, 0.4) is 0 Å². The summed E-state index contributed by atoms with van der Waals surface area (Å²) in [5, 5.41) is 0. The first-order valence-electron chi connectivity index (χ1n) is 10.5. The minimum Gasteiger partial charge on any atom is -0.381 e. The maximum atomic E-state index is 13.9. The summed E-state index contributed by atoms with van der Waals surface area (Å²) in [5.41, 5.74) is 1.49. The number of halogens is 1. The van der Waals surface area contributed by atoms with E-state index < -0.39 is 0 Å². The fraction of sp³-hybridized carbons (Fsp3) is 0.522. The smallest absolute Gasteiger partial charge is 0.257 e. The van der Waals surface area contributed by atoms with Gasteiger partial charge in [0.2, 0.25) is 0 Å². The quantitative estimate of drug-likeness (QED) is 0.765. The molecule has 2 aliphatic rings. The minimum atomic E-state index is -0.172. The van der Waals surface area contributed by atoms with Gasteiger partial charge in [0, 0.05) is 45.1 Å². The topological polar surface area (TPSA) is 55.3 Å². The maximum Gasteiger partial charge on any atom is 0.257 e. The molecule has 2 aromatic rings. The van der Waals surface area contributed by atoms with E-state index in [0.717, 1.165) is 57.6 Å². The Morgan fingerprint density at radius 2 is 1.93 bits per heavy atom. The van der Waals surface area contributed by atoms with Gasteiger partial charge in [0.1, 0.15) is 11.6 Å². The lowest BCUT2D eigenvalue weighted by atomic mass is 9.80. The Kier molecular flexibility index (Phi) is 5.90. The average Bonchev–Trinajstić information content (AvgIpc) is 3.16. The van der Waals surface area contributed by atoms with Gasteiger partial charge in [-0.05, 0) is 48.6 Å².